The summed E-state index contributed by atoms with van der Waals surface area (Å²) in [5.41, 5.74) is 0.213. The van der Waals surface area contributed by atoms with E-state index in [0.29, 0.717) is 6.10 Å². The van der Waals surface area contributed by atoms with Crippen LogP contribution in [0.1, 0.15) is 39.0 Å². The molecule has 0 spiro atoms. The third-order valence-corrected chi connectivity index (χ3v) is 3.11. The molecule has 1 aliphatic carbocycles. The molecule has 70 valence electrons. The van der Waals surface area contributed by atoms with Crippen molar-refractivity contribution in [3.05, 3.63) is 0 Å². The van der Waals surface area contributed by atoms with Gasteiger partial charge in [-0.25, -0.2) is 0 Å². The van der Waals surface area contributed by atoms with Crippen molar-refractivity contribution in [3.63, 3.8) is 0 Å². The first kappa shape index (κ1) is 8.52. The predicted octanol–water partition coefficient (Wildman–Crippen LogP) is 1.70. The molecule has 1 N–H and O–H groups in total. The zero-order chi connectivity index (χ0) is 8.44. The van der Waals surface area contributed by atoms with Crippen molar-refractivity contribution in [1.29, 1.82) is 0 Å². The Bertz CT molecular complexity index is 148. The van der Waals surface area contributed by atoms with E-state index >= 15 is 0 Å². The highest BCUT2D eigenvalue weighted by Crippen LogP contribution is 2.32. The van der Waals surface area contributed by atoms with Gasteiger partial charge in [0.1, 0.15) is 0 Å². The van der Waals surface area contributed by atoms with E-state index < -0.39 is 0 Å². The summed E-state index contributed by atoms with van der Waals surface area (Å²) in [5.74, 6) is 0. The lowest BCUT2D eigenvalue weighted by Gasteiger charge is -2.40. The average Bonchev–Trinajstić information content (AvgIpc) is 1.99. The molecule has 0 radical (unpaired) electrons. The van der Waals surface area contributed by atoms with Gasteiger partial charge >= 0.3 is 0 Å². The predicted molar refractivity (Wildman–Crippen MR) is 49.2 cm³/mol. The van der Waals surface area contributed by atoms with Crippen molar-refractivity contribution in [1.82, 2.24) is 5.32 Å². The van der Waals surface area contributed by atoms with Crippen LogP contribution in [0.3, 0.4) is 0 Å². The highest BCUT2D eigenvalue weighted by atomic mass is 16.5. The second-order valence-corrected chi connectivity index (χ2v) is 4.41. The molecule has 12 heavy (non-hydrogen) atoms. The zero-order valence-electron chi connectivity index (χ0n) is 7.94. The van der Waals surface area contributed by atoms with Crippen LogP contribution in [0, 0.1) is 0 Å². The number of hydrogen-bond acceptors (Lipinski definition) is 2. The molecule has 2 aliphatic rings. The maximum absolute atomic E-state index is 6.05. The van der Waals surface area contributed by atoms with Crippen LogP contribution < -0.4 is 5.32 Å². The van der Waals surface area contributed by atoms with Gasteiger partial charge in [-0.15, -0.1) is 0 Å². The van der Waals surface area contributed by atoms with Gasteiger partial charge in [0.15, 0.2) is 0 Å². The second kappa shape index (κ2) is 3.35. The Hall–Kier alpha value is -0.0800. The van der Waals surface area contributed by atoms with E-state index in [1.54, 1.807) is 0 Å². The van der Waals surface area contributed by atoms with Crippen LogP contribution in [0.2, 0.25) is 0 Å². The van der Waals surface area contributed by atoms with Gasteiger partial charge in [-0.2, -0.15) is 0 Å². The maximum atomic E-state index is 6.05. The lowest BCUT2D eigenvalue weighted by Crippen LogP contribution is -2.52. The SMILES string of the molecule is CC1(OC2CNC2)CCCCC1. The quantitative estimate of drug-likeness (QED) is 0.679. The van der Waals surface area contributed by atoms with Gasteiger partial charge < -0.3 is 10.1 Å². The lowest BCUT2D eigenvalue weighted by molar-refractivity contribution is -0.117. The van der Waals surface area contributed by atoms with Crippen LogP contribution in [0.5, 0.6) is 0 Å². The first-order valence-corrected chi connectivity index (χ1v) is 5.17. The molecule has 1 aliphatic heterocycles. The molecular formula is C10H19NO. The summed E-state index contributed by atoms with van der Waals surface area (Å²) < 4.78 is 6.05. The van der Waals surface area contributed by atoms with E-state index in [2.05, 4.69) is 12.2 Å². The zero-order valence-corrected chi connectivity index (χ0v) is 7.94. The standard InChI is InChI=1S/C10H19NO/c1-10(5-3-2-4-6-10)12-9-7-11-8-9/h9,11H,2-8H2,1H3. The Morgan fingerprint density at radius 3 is 2.33 bits per heavy atom. The fourth-order valence-corrected chi connectivity index (χ4v) is 2.17. The van der Waals surface area contributed by atoms with Crippen LogP contribution in [-0.4, -0.2) is 24.8 Å². The Morgan fingerprint density at radius 1 is 1.17 bits per heavy atom. The second-order valence-electron chi connectivity index (χ2n) is 4.41. The summed E-state index contributed by atoms with van der Waals surface area (Å²) in [6.45, 7) is 4.41. The summed E-state index contributed by atoms with van der Waals surface area (Å²) in [4.78, 5) is 0. The monoisotopic (exact) mass is 169 g/mol. The molecule has 1 heterocycles. The molecule has 0 amide bonds. The Morgan fingerprint density at radius 2 is 1.83 bits per heavy atom. The van der Waals surface area contributed by atoms with E-state index in [4.69, 9.17) is 4.74 Å². The Labute approximate surface area is 74.7 Å². The van der Waals surface area contributed by atoms with Crippen molar-refractivity contribution in [2.75, 3.05) is 13.1 Å². The van der Waals surface area contributed by atoms with Crippen LogP contribution in [0.15, 0.2) is 0 Å². The smallest absolute Gasteiger partial charge is 0.0830 e. The first-order chi connectivity index (χ1) is 5.79. The molecule has 1 saturated carbocycles. The van der Waals surface area contributed by atoms with Crippen LogP contribution in [-0.2, 0) is 4.74 Å². The van der Waals surface area contributed by atoms with Gasteiger partial charge in [-0.1, -0.05) is 19.3 Å². The molecule has 2 heteroatoms. The van der Waals surface area contributed by atoms with Crippen molar-refractivity contribution >= 4 is 0 Å². The minimum absolute atomic E-state index is 0.213. The van der Waals surface area contributed by atoms with E-state index in [-0.39, 0.29) is 5.60 Å². The summed E-state index contributed by atoms with van der Waals surface area (Å²) >= 11 is 0. The van der Waals surface area contributed by atoms with Gasteiger partial charge in [-0.3, -0.25) is 0 Å². The molecular weight excluding hydrogens is 150 g/mol. The molecule has 0 bridgehead atoms. The highest BCUT2D eigenvalue weighted by Gasteiger charge is 2.32. The minimum Gasteiger partial charge on any atom is -0.369 e. The summed E-state index contributed by atoms with van der Waals surface area (Å²) in [5, 5.41) is 3.24. The van der Waals surface area contributed by atoms with Gasteiger partial charge in [-0.05, 0) is 19.8 Å². The number of rotatable bonds is 2. The van der Waals surface area contributed by atoms with Crippen LogP contribution >= 0.6 is 0 Å². The van der Waals surface area contributed by atoms with Gasteiger partial charge in [0.2, 0.25) is 0 Å². The Kier molecular flexibility index (Phi) is 2.37. The minimum atomic E-state index is 0.213. The maximum Gasteiger partial charge on any atom is 0.0830 e. The molecule has 2 fully saturated rings. The summed E-state index contributed by atoms with van der Waals surface area (Å²) in [6, 6.07) is 0. The van der Waals surface area contributed by atoms with E-state index in [9.17, 15) is 0 Å². The van der Waals surface area contributed by atoms with Gasteiger partial charge in [0.05, 0.1) is 11.7 Å². The van der Waals surface area contributed by atoms with Crippen molar-refractivity contribution in [3.8, 4) is 0 Å². The third kappa shape index (κ3) is 1.80. The van der Waals surface area contributed by atoms with Crippen molar-refractivity contribution in [2.45, 2.75) is 50.7 Å². The van der Waals surface area contributed by atoms with E-state index in [1.165, 1.54) is 32.1 Å². The molecule has 0 atom stereocenters. The van der Waals surface area contributed by atoms with Gasteiger partial charge in [0.25, 0.3) is 0 Å². The third-order valence-electron chi connectivity index (χ3n) is 3.11. The van der Waals surface area contributed by atoms with Crippen LogP contribution in [0.25, 0.3) is 0 Å². The molecule has 0 aromatic carbocycles. The van der Waals surface area contributed by atoms with E-state index in [1.807, 2.05) is 0 Å². The first-order valence-electron chi connectivity index (χ1n) is 5.17. The highest BCUT2D eigenvalue weighted by molar-refractivity contribution is 4.85. The molecule has 1 saturated heterocycles. The normalized spacial score (nSPS) is 29.8. The van der Waals surface area contributed by atoms with E-state index in [0.717, 1.165) is 13.1 Å². The Balaban J connectivity index is 1.81. The number of ether oxygens (including phenoxy) is 1. The summed E-state index contributed by atoms with van der Waals surface area (Å²) in [6.07, 6.45) is 7.16. The number of nitrogens with one attached hydrogen (secondary N) is 1. The molecule has 0 aromatic heterocycles. The molecule has 0 unspecified atom stereocenters. The summed E-state index contributed by atoms with van der Waals surface area (Å²) in [7, 11) is 0. The molecule has 2 nitrogen and oxygen atoms in total. The van der Waals surface area contributed by atoms with Gasteiger partial charge in [0, 0.05) is 13.1 Å². The lowest BCUT2D eigenvalue weighted by atomic mass is 9.86. The fourth-order valence-electron chi connectivity index (χ4n) is 2.17. The van der Waals surface area contributed by atoms with Crippen LogP contribution in [0.4, 0.5) is 0 Å². The fraction of sp³-hybridized carbons (Fsp3) is 1.00. The van der Waals surface area contributed by atoms with Crippen molar-refractivity contribution in [2.24, 2.45) is 0 Å². The van der Waals surface area contributed by atoms with Crippen molar-refractivity contribution < 1.29 is 4.74 Å². The topological polar surface area (TPSA) is 21.3 Å². The average molecular weight is 169 g/mol. The molecule has 2 rings (SSSR count). The molecule has 0 aromatic rings. The number of hydrogen-bond donors (Lipinski definition) is 1. The largest absolute Gasteiger partial charge is 0.369 e.